The van der Waals surface area contributed by atoms with E-state index in [1.807, 2.05) is 6.92 Å². The minimum Gasteiger partial charge on any atom is -0.507 e. The molecule has 10 heavy (non-hydrogen) atoms. The maximum Gasteiger partial charge on any atom is 0.126 e. The fourth-order valence-electron chi connectivity index (χ4n) is 0.822. The molecule has 1 N–H and O–H groups in total. The quantitative estimate of drug-likeness (QED) is 0.668. The third-order valence-corrected chi connectivity index (χ3v) is 2.72. The van der Waals surface area contributed by atoms with E-state index in [0.717, 1.165) is 15.9 Å². The van der Waals surface area contributed by atoms with Gasteiger partial charge in [0.25, 0.3) is 0 Å². The van der Waals surface area contributed by atoms with Gasteiger partial charge in [0.15, 0.2) is 0 Å². The van der Waals surface area contributed by atoms with Crippen LogP contribution >= 0.6 is 27.5 Å². The van der Waals surface area contributed by atoms with Crippen molar-refractivity contribution < 1.29 is 5.11 Å². The van der Waals surface area contributed by atoms with Gasteiger partial charge < -0.3 is 5.11 Å². The molecule has 1 rings (SSSR count). The molecule has 0 spiro atoms. The number of hydrogen-bond acceptors (Lipinski definition) is 1. The van der Waals surface area contributed by atoms with E-state index in [0.29, 0.717) is 5.92 Å². The van der Waals surface area contributed by atoms with Crippen LogP contribution in [0.1, 0.15) is 13.3 Å². The summed E-state index contributed by atoms with van der Waals surface area (Å²) in [6.07, 6.45) is 2.38. The van der Waals surface area contributed by atoms with Crippen molar-refractivity contribution in [2.45, 2.75) is 13.3 Å². The minimum atomic E-state index is 0.253. The van der Waals surface area contributed by atoms with E-state index in [2.05, 4.69) is 15.9 Å². The average molecular weight is 223 g/mol. The monoisotopic (exact) mass is 222 g/mol. The molecule has 0 saturated heterocycles. The highest BCUT2D eigenvalue weighted by Crippen LogP contribution is 2.32. The molecule has 0 bridgehead atoms. The van der Waals surface area contributed by atoms with Crippen molar-refractivity contribution in [3.8, 4) is 0 Å². The molecule has 0 aromatic carbocycles. The van der Waals surface area contributed by atoms with Gasteiger partial charge in [-0.3, -0.25) is 0 Å². The molecule has 3 heteroatoms. The number of rotatable bonds is 0. The van der Waals surface area contributed by atoms with Crippen molar-refractivity contribution in [3.05, 3.63) is 21.3 Å². The molecule has 0 fully saturated rings. The third-order valence-electron chi connectivity index (χ3n) is 1.51. The molecule has 1 atom stereocenters. The lowest BCUT2D eigenvalue weighted by atomic mass is 10.0. The van der Waals surface area contributed by atoms with Gasteiger partial charge in [0.1, 0.15) is 5.76 Å². The molecule has 0 saturated carbocycles. The van der Waals surface area contributed by atoms with Crippen LogP contribution in [0.3, 0.4) is 0 Å². The summed E-state index contributed by atoms with van der Waals surface area (Å²) in [7, 11) is 0. The Labute approximate surface area is 73.5 Å². The fraction of sp³-hybridized carbons (Fsp3) is 0.429. The Balaban J connectivity index is 2.88. The van der Waals surface area contributed by atoms with Gasteiger partial charge in [-0.15, -0.1) is 0 Å². The summed E-state index contributed by atoms with van der Waals surface area (Å²) in [6, 6.07) is 0. The molecular formula is C7H8BrClO. The van der Waals surface area contributed by atoms with E-state index >= 15 is 0 Å². The number of hydrogen-bond donors (Lipinski definition) is 1. The van der Waals surface area contributed by atoms with Crippen LogP contribution in [0.5, 0.6) is 0 Å². The van der Waals surface area contributed by atoms with E-state index in [1.54, 1.807) is 6.08 Å². The first-order chi connectivity index (χ1) is 4.61. The lowest BCUT2D eigenvalue weighted by molar-refractivity contribution is 0.420. The Kier molecular flexibility index (Phi) is 2.42. The molecular weight excluding hydrogens is 215 g/mol. The number of allylic oxidation sites excluding steroid dienone is 3. The number of halogens is 2. The van der Waals surface area contributed by atoms with Crippen LogP contribution in [0.15, 0.2) is 21.3 Å². The lowest BCUT2D eigenvalue weighted by Crippen LogP contribution is -2.01. The van der Waals surface area contributed by atoms with Gasteiger partial charge in [-0.1, -0.05) is 34.5 Å². The van der Waals surface area contributed by atoms with Crippen LogP contribution in [0.4, 0.5) is 0 Å². The van der Waals surface area contributed by atoms with Crippen molar-refractivity contribution in [2.75, 3.05) is 0 Å². The Morgan fingerprint density at radius 1 is 1.80 bits per heavy atom. The first kappa shape index (κ1) is 8.15. The largest absolute Gasteiger partial charge is 0.507 e. The van der Waals surface area contributed by atoms with Crippen LogP contribution in [0.25, 0.3) is 0 Å². The van der Waals surface area contributed by atoms with Crippen molar-refractivity contribution in [1.82, 2.24) is 0 Å². The zero-order valence-electron chi connectivity index (χ0n) is 5.56. The molecule has 1 aliphatic rings. The maximum absolute atomic E-state index is 9.14. The highest BCUT2D eigenvalue weighted by Gasteiger charge is 2.15. The van der Waals surface area contributed by atoms with E-state index in [-0.39, 0.29) is 5.76 Å². The maximum atomic E-state index is 9.14. The third kappa shape index (κ3) is 1.55. The average Bonchev–Trinajstić information content (AvgIpc) is 1.84. The summed E-state index contributed by atoms with van der Waals surface area (Å²) in [5.74, 6) is 0.579. The zero-order chi connectivity index (χ0) is 7.72. The minimum absolute atomic E-state index is 0.253. The van der Waals surface area contributed by atoms with Crippen molar-refractivity contribution in [3.63, 3.8) is 0 Å². The van der Waals surface area contributed by atoms with Gasteiger partial charge in [0, 0.05) is 9.51 Å². The molecule has 0 heterocycles. The van der Waals surface area contributed by atoms with Crippen molar-refractivity contribution >= 4 is 27.5 Å². The topological polar surface area (TPSA) is 20.2 Å². The van der Waals surface area contributed by atoms with Gasteiger partial charge in [-0.05, 0) is 18.4 Å². The second kappa shape index (κ2) is 2.97. The Morgan fingerprint density at radius 2 is 2.40 bits per heavy atom. The summed E-state index contributed by atoms with van der Waals surface area (Å²) in [6.45, 7) is 2.02. The van der Waals surface area contributed by atoms with E-state index in [4.69, 9.17) is 16.7 Å². The summed E-state index contributed by atoms with van der Waals surface area (Å²) < 4.78 is 0.837. The van der Waals surface area contributed by atoms with Gasteiger partial charge in [0.05, 0.1) is 0 Å². The van der Waals surface area contributed by atoms with Crippen LogP contribution < -0.4 is 0 Å². The SMILES string of the molecule is C[C@H]1CC(Br)=C(O)C=C1Cl. The number of aliphatic hydroxyl groups excluding tert-OH is 1. The fourth-order valence-corrected chi connectivity index (χ4v) is 1.60. The highest BCUT2D eigenvalue weighted by atomic mass is 79.9. The van der Waals surface area contributed by atoms with E-state index < -0.39 is 0 Å². The smallest absolute Gasteiger partial charge is 0.126 e. The molecule has 0 unspecified atom stereocenters. The van der Waals surface area contributed by atoms with Gasteiger partial charge >= 0.3 is 0 Å². The number of aliphatic hydroxyl groups is 1. The van der Waals surface area contributed by atoms with Crippen LogP contribution in [0.2, 0.25) is 0 Å². The lowest BCUT2D eigenvalue weighted by Gasteiger charge is -2.15. The second-order valence-corrected chi connectivity index (χ2v) is 3.82. The van der Waals surface area contributed by atoms with Crippen LogP contribution in [-0.4, -0.2) is 5.11 Å². The van der Waals surface area contributed by atoms with E-state index in [9.17, 15) is 0 Å². The molecule has 1 aliphatic carbocycles. The Bertz CT molecular complexity index is 208. The highest BCUT2D eigenvalue weighted by molar-refractivity contribution is 9.11. The Hall–Kier alpha value is 0.0500. The molecule has 0 amide bonds. The molecule has 56 valence electrons. The molecule has 0 aliphatic heterocycles. The van der Waals surface area contributed by atoms with Crippen molar-refractivity contribution in [2.24, 2.45) is 5.92 Å². The molecule has 0 aromatic rings. The molecule has 0 radical (unpaired) electrons. The van der Waals surface area contributed by atoms with Crippen LogP contribution in [-0.2, 0) is 0 Å². The van der Waals surface area contributed by atoms with Gasteiger partial charge in [-0.2, -0.15) is 0 Å². The van der Waals surface area contributed by atoms with Gasteiger partial charge in [0.2, 0.25) is 0 Å². The summed E-state index contributed by atoms with van der Waals surface area (Å²) in [5, 5.41) is 9.86. The summed E-state index contributed by atoms with van der Waals surface area (Å²) in [4.78, 5) is 0. The summed E-state index contributed by atoms with van der Waals surface area (Å²) >= 11 is 9.02. The van der Waals surface area contributed by atoms with E-state index in [1.165, 1.54) is 0 Å². The second-order valence-electron chi connectivity index (χ2n) is 2.42. The normalized spacial score (nSPS) is 26.7. The predicted molar refractivity (Wildman–Crippen MR) is 46.3 cm³/mol. The van der Waals surface area contributed by atoms with Crippen molar-refractivity contribution in [1.29, 1.82) is 0 Å². The van der Waals surface area contributed by atoms with Crippen LogP contribution in [0, 0.1) is 5.92 Å². The molecule has 1 nitrogen and oxygen atoms in total. The zero-order valence-corrected chi connectivity index (χ0v) is 7.91. The van der Waals surface area contributed by atoms with Gasteiger partial charge in [-0.25, -0.2) is 0 Å². The summed E-state index contributed by atoms with van der Waals surface area (Å²) in [5.41, 5.74) is 0. The first-order valence-corrected chi connectivity index (χ1v) is 4.23. The first-order valence-electron chi connectivity index (χ1n) is 3.06. The Morgan fingerprint density at radius 3 is 2.90 bits per heavy atom. The standard InChI is InChI=1S/C7H8BrClO/c1-4-2-5(8)7(10)3-6(4)9/h3-4,10H,2H2,1H3/t4-/m0/s1. The molecule has 0 aromatic heterocycles. The predicted octanol–water partition coefficient (Wildman–Crippen LogP) is 3.31.